The minimum Gasteiger partial charge on any atom is -0.376 e. The zero-order valence-corrected chi connectivity index (χ0v) is 11.5. The van der Waals surface area contributed by atoms with Crippen LogP contribution < -0.4 is 11.1 Å². The van der Waals surface area contributed by atoms with E-state index in [2.05, 4.69) is 10.5 Å². The predicted octanol–water partition coefficient (Wildman–Crippen LogP) is 0.601. The van der Waals surface area contributed by atoms with Crippen molar-refractivity contribution in [3.63, 3.8) is 0 Å². The second-order valence-corrected chi connectivity index (χ2v) is 5.76. The van der Waals surface area contributed by atoms with Crippen LogP contribution in [0.25, 0.3) is 11.0 Å². The van der Waals surface area contributed by atoms with Crippen LogP contribution in [0.15, 0.2) is 28.8 Å². The molecular weight excluding hydrogens is 270 g/mol. The fourth-order valence-electron chi connectivity index (χ4n) is 3.38. The third-order valence-electron chi connectivity index (χ3n) is 4.55. The van der Waals surface area contributed by atoms with E-state index in [1.54, 1.807) is 0 Å². The van der Waals surface area contributed by atoms with E-state index in [-0.39, 0.29) is 30.5 Å². The minimum absolute atomic E-state index is 0.00416. The van der Waals surface area contributed by atoms with Gasteiger partial charge in [-0.3, -0.25) is 4.79 Å². The SMILES string of the molecule is N[C@H]1[C@H]2CCO[C@H]2[C@@H]1NC(=O)Cc1noc2ccccc12. The van der Waals surface area contributed by atoms with Crippen LogP contribution in [0.3, 0.4) is 0 Å². The van der Waals surface area contributed by atoms with Gasteiger partial charge in [0.05, 0.1) is 18.6 Å². The zero-order valence-electron chi connectivity index (χ0n) is 11.5. The molecule has 4 atom stereocenters. The number of hydrogen-bond acceptors (Lipinski definition) is 5. The molecule has 0 spiro atoms. The molecule has 1 aromatic carbocycles. The number of ether oxygens (including phenoxy) is 1. The molecule has 2 aromatic rings. The van der Waals surface area contributed by atoms with Gasteiger partial charge in [-0.15, -0.1) is 0 Å². The van der Waals surface area contributed by atoms with Gasteiger partial charge < -0.3 is 20.3 Å². The van der Waals surface area contributed by atoms with Gasteiger partial charge in [0, 0.05) is 24.0 Å². The minimum atomic E-state index is -0.0940. The maximum atomic E-state index is 12.2. The summed E-state index contributed by atoms with van der Waals surface area (Å²) in [6, 6.07) is 7.43. The molecule has 1 aliphatic heterocycles. The van der Waals surface area contributed by atoms with Crippen LogP contribution in [0, 0.1) is 5.92 Å². The summed E-state index contributed by atoms with van der Waals surface area (Å²) in [5.74, 6) is 0.298. The van der Waals surface area contributed by atoms with Crippen LogP contribution in [0.2, 0.25) is 0 Å². The molecular formula is C15H17N3O3. The number of amides is 1. The maximum absolute atomic E-state index is 12.2. The molecule has 1 saturated carbocycles. The molecule has 1 saturated heterocycles. The molecule has 0 radical (unpaired) electrons. The number of nitrogens with one attached hydrogen (secondary N) is 1. The molecule has 6 nitrogen and oxygen atoms in total. The molecule has 2 heterocycles. The first kappa shape index (κ1) is 12.8. The Morgan fingerprint density at radius 1 is 1.43 bits per heavy atom. The monoisotopic (exact) mass is 287 g/mol. The third-order valence-corrected chi connectivity index (χ3v) is 4.55. The quantitative estimate of drug-likeness (QED) is 0.862. The molecule has 2 aliphatic rings. The molecule has 21 heavy (non-hydrogen) atoms. The fourth-order valence-corrected chi connectivity index (χ4v) is 3.38. The first-order valence-electron chi connectivity index (χ1n) is 7.24. The van der Waals surface area contributed by atoms with Gasteiger partial charge in [0.1, 0.15) is 5.69 Å². The van der Waals surface area contributed by atoms with Crippen molar-refractivity contribution in [1.82, 2.24) is 10.5 Å². The number of aromatic nitrogens is 1. The molecule has 6 heteroatoms. The van der Waals surface area contributed by atoms with Gasteiger partial charge in [-0.1, -0.05) is 17.3 Å². The van der Waals surface area contributed by atoms with Crippen LogP contribution in [0.1, 0.15) is 12.1 Å². The van der Waals surface area contributed by atoms with Gasteiger partial charge >= 0.3 is 0 Å². The van der Waals surface area contributed by atoms with Crippen molar-refractivity contribution in [2.75, 3.05) is 6.61 Å². The van der Waals surface area contributed by atoms with Crippen molar-refractivity contribution in [3.8, 4) is 0 Å². The third kappa shape index (κ3) is 2.02. The lowest BCUT2D eigenvalue weighted by atomic mass is 9.72. The van der Waals surface area contributed by atoms with Crippen molar-refractivity contribution in [1.29, 1.82) is 0 Å². The van der Waals surface area contributed by atoms with Gasteiger partial charge in [-0.05, 0) is 18.6 Å². The summed E-state index contributed by atoms with van der Waals surface area (Å²) < 4.78 is 10.8. The maximum Gasteiger partial charge on any atom is 0.226 e. The van der Waals surface area contributed by atoms with Crippen molar-refractivity contribution < 1.29 is 14.1 Å². The smallest absolute Gasteiger partial charge is 0.226 e. The molecule has 110 valence electrons. The summed E-state index contributed by atoms with van der Waals surface area (Å²) in [5.41, 5.74) is 7.44. The average Bonchev–Trinajstić information content (AvgIpc) is 3.10. The predicted molar refractivity (Wildman–Crippen MR) is 75.5 cm³/mol. The second kappa shape index (κ2) is 4.82. The van der Waals surface area contributed by atoms with E-state index in [9.17, 15) is 4.79 Å². The highest BCUT2D eigenvalue weighted by atomic mass is 16.5. The number of rotatable bonds is 3. The molecule has 0 bridgehead atoms. The van der Waals surface area contributed by atoms with Gasteiger partial charge in [0.2, 0.25) is 5.91 Å². The zero-order chi connectivity index (χ0) is 14.4. The Labute approximate surface area is 121 Å². The fraction of sp³-hybridized carbons (Fsp3) is 0.467. The van der Waals surface area contributed by atoms with Crippen LogP contribution in [0.5, 0.6) is 0 Å². The van der Waals surface area contributed by atoms with E-state index in [0.29, 0.717) is 17.2 Å². The number of fused-ring (bicyclic) bond motifs is 2. The van der Waals surface area contributed by atoms with Crippen molar-refractivity contribution >= 4 is 16.9 Å². The lowest BCUT2D eigenvalue weighted by molar-refractivity contribution is -0.125. The molecule has 1 amide bonds. The highest BCUT2D eigenvalue weighted by Crippen LogP contribution is 2.37. The van der Waals surface area contributed by atoms with Gasteiger partial charge in [0.25, 0.3) is 0 Å². The number of carbonyl (C=O) groups is 1. The average molecular weight is 287 g/mol. The van der Waals surface area contributed by atoms with Gasteiger partial charge in [0.15, 0.2) is 5.58 Å². The summed E-state index contributed by atoms with van der Waals surface area (Å²) in [5, 5.41) is 7.82. The van der Waals surface area contributed by atoms with E-state index < -0.39 is 0 Å². The second-order valence-electron chi connectivity index (χ2n) is 5.76. The number of hydrogen-bond donors (Lipinski definition) is 2. The molecule has 1 aliphatic carbocycles. The molecule has 0 unspecified atom stereocenters. The summed E-state index contributed by atoms with van der Waals surface area (Å²) in [6.07, 6.45) is 1.27. The normalized spacial score (nSPS) is 30.9. The largest absolute Gasteiger partial charge is 0.376 e. The molecule has 1 aromatic heterocycles. The lowest BCUT2D eigenvalue weighted by Gasteiger charge is -2.45. The summed E-state index contributed by atoms with van der Waals surface area (Å²) >= 11 is 0. The van der Waals surface area contributed by atoms with Crippen molar-refractivity contribution in [3.05, 3.63) is 30.0 Å². The Bertz CT molecular complexity index is 684. The highest BCUT2D eigenvalue weighted by Gasteiger charge is 2.52. The topological polar surface area (TPSA) is 90.4 Å². The van der Waals surface area contributed by atoms with E-state index in [0.717, 1.165) is 18.4 Å². The Morgan fingerprint density at radius 3 is 3.19 bits per heavy atom. The van der Waals surface area contributed by atoms with Crippen molar-refractivity contribution in [2.45, 2.75) is 31.0 Å². The van der Waals surface area contributed by atoms with Crippen LogP contribution in [-0.4, -0.2) is 35.9 Å². The van der Waals surface area contributed by atoms with Crippen molar-refractivity contribution in [2.24, 2.45) is 11.7 Å². The number of carbonyl (C=O) groups excluding carboxylic acids is 1. The van der Waals surface area contributed by atoms with Gasteiger partial charge in [-0.2, -0.15) is 0 Å². The number of nitrogens with two attached hydrogens (primary N) is 1. The van der Waals surface area contributed by atoms with E-state index in [1.165, 1.54) is 0 Å². The number of benzene rings is 1. The van der Waals surface area contributed by atoms with Crippen LogP contribution >= 0.6 is 0 Å². The number of para-hydroxylation sites is 1. The molecule has 2 fully saturated rings. The Hall–Kier alpha value is -1.92. The first-order chi connectivity index (χ1) is 10.2. The summed E-state index contributed by atoms with van der Waals surface area (Å²) in [4.78, 5) is 12.2. The Balaban J connectivity index is 1.44. The van der Waals surface area contributed by atoms with E-state index >= 15 is 0 Å². The Kier molecular flexibility index (Phi) is 2.94. The van der Waals surface area contributed by atoms with Crippen LogP contribution in [0.4, 0.5) is 0 Å². The molecule has 4 rings (SSSR count). The van der Waals surface area contributed by atoms with E-state index in [4.69, 9.17) is 15.0 Å². The summed E-state index contributed by atoms with van der Waals surface area (Å²) in [6.45, 7) is 0.739. The Morgan fingerprint density at radius 2 is 2.29 bits per heavy atom. The lowest BCUT2D eigenvalue weighted by Crippen LogP contribution is -2.69. The van der Waals surface area contributed by atoms with Crippen LogP contribution in [-0.2, 0) is 16.0 Å². The number of nitrogens with zero attached hydrogens (tertiary/aromatic N) is 1. The first-order valence-corrected chi connectivity index (χ1v) is 7.24. The molecule has 3 N–H and O–H groups in total. The van der Waals surface area contributed by atoms with Gasteiger partial charge in [-0.25, -0.2) is 0 Å². The van der Waals surface area contributed by atoms with E-state index in [1.807, 2.05) is 24.3 Å². The summed E-state index contributed by atoms with van der Waals surface area (Å²) in [7, 11) is 0. The standard InChI is InChI=1S/C15H17N3O3/c16-13-9-5-6-20-15(9)14(13)17-12(19)7-10-8-3-1-2-4-11(8)21-18-10/h1-4,9,13-15H,5-7,16H2,(H,17,19)/t9-,13+,14-,15-/m1/s1. The highest BCUT2D eigenvalue weighted by molar-refractivity contribution is 5.86.